The van der Waals surface area contributed by atoms with E-state index in [1.165, 1.54) is 0 Å². The highest BCUT2D eigenvalue weighted by molar-refractivity contribution is 5.74. The number of para-hydroxylation sites is 2. The molecule has 15 heavy (non-hydrogen) atoms. The highest BCUT2D eigenvalue weighted by Gasteiger charge is 2.19. The van der Waals surface area contributed by atoms with Crippen LogP contribution < -0.4 is 4.74 Å². The zero-order valence-electron chi connectivity index (χ0n) is 7.88. The predicted octanol–water partition coefficient (Wildman–Crippen LogP) is 1.58. The Kier molecular flexibility index (Phi) is 1.62. The fraction of sp³-hybridized carbons (Fsp3) is 0.0909. The molecule has 4 heteroatoms. The maximum atomic E-state index is 10.7. The number of carbonyl (C=O) groups is 1. The van der Waals surface area contributed by atoms with Crippen molar-refractivity contribution in [2.45, 2.75) is 6.61 Å². The molecule has 0 N–H and O–H groups in total. The number of nitrogens with zero attached hydrogens (tertiary/aromatic N) is 2. The van der Waals surface area contributed by atoms with Gasteiger partial charge in [-0.05, 0) is 12.1 Å². The molecule has 1 aromatic carbocycles. The van der Waals surface area contributed by atoms with E-state index in [4.69, 9.17) is 4.74 Å². The van der Waals surface area contributed by atoms with Gasteiger partial charge in [-0.3, -0.25) is 9.36 Å². The Bertz CT molecular complexity index is 531. The van der Waals surface area contributed by atoms with Crippen molar-refractivity contribution in [2.75, 3.05) is 0 Å². The average molecular weight is 200 g/mol. The minimum Gasteiger partial charge on any atom is -0.485 e. The van der Waals surface area contributed by atoms with Crippen LogP contribution in [0.4, 0.5) is 0 Å². The second-order valence-electron chi connectivity index (χ2n) is 3.32. The highest BCUT2D eigenvalue weighted by atomic mass is 16.5. The largest absolute Gasteiger partial charge is 0.485 e. The highest BCUT2D eigenvalue weighted by Crippen LogP contribution is 2.29. The number of aldehydes is 1. The minimum absolute atomic E-state index is 0.394. The van der Waals surface area contributed by atoms with Crippen LogP contribution in [0.1, 0.15) is 16.2 Å². The fourth-order valence-corrected chi connectivity index (χ4v) is 1.76. The number of fused-ring (bicyclic) bond motifs is 3. The van der Waals surface area contributed by atoms with Crippen LogP contribution in [0.15, 0.2) is 30.6 Å². The third kappa shape index (κ3) is 1.08. The van der Waals surface area contributed by atoms with Crippen LogP contribution in [0, 0.1) is 0 Å². The molecule has 1 aromatic heterocycles. The molecule has 3 rings (SSSR count). The summed E-state index contributed by atoms with van der Waals surface area (Å²) >= 11 is 0. The lowest BCUT2D eigenvalue weighted by Crippen LogP contribution is -2.12. The van der Waals surface area contributed by atoms with Gasteiger partial charge in [-0.15, -0.1) is 0 Å². The van der Waals surface area contributed by atoms with E-state index in [-0.39, 0.29) is 0 Å². The zero-order chi connectivity index (χ0) is 10.3. The summed E-state index contributed by atoms with van der Waals surface area (Å²) in [5, 5.41) is 0. The summed E-state index contributed by atoms with van der Waals surface area (Å²) < 4.78 is 7.42. The van der Waals surface area contributed by atoms with Crippen molar-refractivity contribution < 1.29 is 9.53 Å². The molecule has 1 aliphatic rings. The van der Waals surface area contributed by atoms with E-state index in [1.807, 2.05) is 28.8 Å². The number of hydrogen-bond acceptors (Lipinski definition) is 3. The third-order valence-electron chi connectivity index (χ3n) is 2.50. The van der Waals surface area contributed by atoms with Crippen LogP contribution >= 0.6 is 0 Å². The van der Waals surface area contributed by atoms with Gasteiger partial charge < -0.3 is 4.74 Å². The molecular weight excluding hydrogens is 192 g/mol. The van der Waals surface area contributed by atoms with Crippen LogP contribution in [-0.2, 0) is 6.61 Å². The molecule has 2 heterocycles. The molecule has 1 aliphatic heterocycles. The van der Waals surface area contributed by atoms with Crippen molar-refractivity contribution in [2.24, 2.45) is 0 Å². The molecule has 0 amide bonds. The predicted molar refractivity (Wildman–Crippen MR) is 53.3 cm³/mol. The van der Waals surface area contributed by atoms with Gasteiger partial charge in [0.1, 0.15) is 24.4 Å². The summed E-state index contributed by atoms with van der Waals surface area (Å²) in [5.74, 6) is 0.819. The standard InChI is InChI=1S/C11H8N2O2/c14-5-8-10-6-15-11-4-2-1-3-9(11)13(10)7-12-8/h1-5,7H,6H2. The quantitative estimate of drug-likeness (QED) is 0.656. The maximum Gasteiger partial charge on any atom is 0.170 e. The zero-order valence-corrected chi connectivity index (χ0v) is 7.88. The molecule has 0 spiro atoms. The molecule has 74 valence electrons. The van der Waals surface area contributed by atoms with Gasteiger partial charge in [0.25, 0.3) is 0 Å². The van der Waals surface area contributed by atoms with E-state index in [0.29, 0.717) is 12.3 Å². The number of aromatic nitrogens is 2. The van der Waals surface area contributed by atoms with Crippen molar-refractivity contribution in [1.82, 2.24) is 9.55 Å². The molecule has 0 radical (unpaired) electrons. The fourth-order valence-electron chi connectivity index (χ4n) is 1.76. The number of rotatable bonds is 1. The molecule has 0 bridgehead atoms. The number of ether oxygens (including phenoxy) is 1. The van der Waals surface area contributed by atoms with Crippen LogP contribution in [0.3, 0.4) is 0 Å². The Morgan fingerprint density at radius 1 is 1.40 bits per heavy atom. The first-order valence-electron chi connectivity index (χ1n) is 4.64. The van der Waals surface area contributed by atoms with Crippen molar-refractivity contribution in [3.8, 4) is 11.4 Å². The summed E-state index contributed by atoms with van der Waals surface area (Å²) in [6, 6.07) is 7.69. The summed E-state index contributed by atoms with van der Waals surface area (Å²) in [7, 11) is 0. The lowest BCUT2D eigenvalue weighted by Gasteiger charge is -2.19. The van der Waals surface area contributed by atoms with Gasteiger partial charge in [-0.25, -0.2) is 4.98 Å². The smallest absolute Gasteiger partial charge is 0.170 e. The SMILES string of the molecule is O=Cc1ncn2c1COc1ccccc1-2. The van der Waals surface area contributed by atoms with Crippen molar-refractivity contribution in [3.63, 3.8) is 0 Å². The van der Waals surface area contributed by atoms with Crippen LogP contribution in [-0.4, -0.2) is 15.8 Å². The van der Waals surface area contributed by atoms with Gasteiger partial charge in [-0.2, -0.15) is 0 Å². The first-order valence-corrected chi connectivity index (χ1v) is 4.64. The molecule has 0 saturated heterocycles. The van der Waals surface area contributed by atoms with Gasteiger partial charge in [-0.1, -0.05) is 12.1 Å². The first-order chi connectivity index (χ1) is 7.40. The van der Waals surface area contributed by atoms with Crippen LogP contribution in [0.25, 0.3) is 5.69 Å². The molecular formula is C11H8N2O2. The number of imidazole rings is 1. The summed E-state index contributed by atoms with van der Waals surface area (Å²) in [6.07, 6.45) is 2.41. The second-order valence-corrected chi connectivity index (χ2v) is 3.32. The Hall–Kier alpha value is -2.10. The Morgan fingerprint density at radius 3 is 3.13 bits per heavy atom. The molecule has 2 aromatic rings. The Morgan fingerprint density at radius 2 is 2.27 bits per heavy atom. The lowest BCUT2D eigenvalue weighted by molar-refractivity contribution is 0.111. The van der Waals surface area contributed by atoms with Crippen molar-refractivity contribution in [3.05, 3.63) is 42.0 Å². The topological polar surface area (TPSA) is 44.1 Å². The minimum atomic E-state index is 0.394. The molecule has 0 unspecified atom stereocenters. The summed E-state index contributed by atoms with van der Waals surface area (Å²) in [4.78, 5) is 14.8. The third-order valence-corrected chi connectivity index (χ3v) is 2.50. The van der Waals surface area contributed by atoms with E-state index in [9.17, 15) is 4.79 Å². The van der Waals surface area contributed by atoms with Crippen LogP contribution in [0.5, 0.6) is 5.75 Å². The van der Waals surface area contributed by atoms with E-state index in [2.05, 4.69) is 4.98 Å². The number of hydrogen-bond donors (Lipinski definition) is 0. The van der Waals surface area contributed by atoms with Gasteiger partial charge in [0.05, 0.1) is 11.4 Å². The number of benzene rings is 1. The van der Waals surface area contributed by atoms with E-state index >= 15 is 0 Å². The molecule has 0 aliphatic carbocycles. The van der Waals surface area contributed by atoms with Gasteiger partial charge in [0, 0.05) is 0 Å². The van der Waals surface area contributed by atoms with Crippen molar-refractivity contribution in [1.29, 1.82) is 0 Å². The van der Waals surface area contributed by atoms with E-state index < -0.39 is 0 Å². The second kappa shape index (κ2) is 2.95. The first kappa shape index (κ1) is 8.23. The normalized spacial score (nSPS) is 12.5. The van der Waals surface area contributed by atoms with Gasteiger partial charge >= 0.3 is 0 Å². The average Bonchev–Trinajstić information content (AvgIpc) is 2.72. The lowest BCUT2D eigenvalue weighted by atomic mass is 10.2. The molecule has 0 fully saturated rings. The van der Waals surface area contributed by atoms with Crippen molar-refractivity contribution >= 4 is 6.29 Å². The van der Waals surface area contributed by atoms with E-state index in [1.54, 1.807) is 6.33 Å². The summed E-state index contributed by atoms with van der Waals surface area (Å²) in [5.41, 5.74) is 2.19. The maximum absolute atomic E-state index is 10.7. The number of carbonyl (C=O) groups excluding carboxylic acids is 1. The van der Waals surface area contributed by atoms with E-state index in [0.717, 1.165) is 23.4 Å². The van der Waals surface area contributed by atoms with Crippen LogP contribution in [0.2, 0.25) is 0 Å². The Balaban J connectivity index is 2.26. The van der Waals surface area contributed by atoms with Gasteiger partial charge in [0.15, 0.2) is 6.29 Å². The Labute approximate surface area is 86.1 Å². The molecule has 4 nitrogen and oxygen atoms in total. The molecule has 0 saturated carbocycles. The summed E-state index contributed by atoms with van der Waals surface area (Å²) in [6.45, 7) is 0.394. The molecule has 0 atom stereocenters. The monoisotopic (exact) mass is 200 g/mol. The van der Waals surface area contributed by atoms with Gasteiger partial charge in [0.2, 0.25) is 0 Å².